The average molecular weight is 526 g/mol. The Hall–Kier alpha value is -4.76. The van der Waals surface area contributed by atoms with Crippen LogP contribution in [0.5, 0.6) is 5.75 Å². The molecule has 1 fully saturated rings. The fourth-order valence-electron chi connectivity index (χ4n) is 5.16. The lowest BCUT2D eigenvalue weighted by atomic mass is 9.97. The molecule has 0 radical (unpaired) electrons. The molecule has 9 heteroatoms. The molecule has 0 spiro atoms. The van der Waals surface area contributed by atoms with Crippen LogP contribution in [0.1, 0.15) is 48.3 Å². The van der Waals surface area contributed by atoms with Crippen LogP contribution in [0.25, 0.3) is 11.3 Å². The van der Waals surface area contributed by atoms with Crippen molar-refractivity contribution in [1.82, 2.24) is 20.2 Å². The fraction of sp³-hybridized carbons (Fsp3) is 0.300. The number of hydrogen-bond acceptors (Lipinski definition) is 5. The molecular weight excluding hydrogens is 497 g/mol. The highest BCUT2D eigenvalue weighted by Crippen LogP contribution is 2.40. The average Bonchev–Trinajstić information content (AvgIpc) is 3.49. The second-order valence-corrected chi connectivity index (χ2v) is 9.56. The van der Waals surface area contributed by atoms with Crippen LogP contribution in [0.2, 0.25) is 0 Å². The van der Waals surface area contributed by atoms with E-state index in [1.807, 2.05) is 13.0 Å². The van der Waals surface area contributed by atoms with Gasteiger partial charge in [-0.2, -0.15) is 0 Å². The molecule has 4 heterocycles. The van der Waals surface area contributed by atoms with Gasteiger partial charge in [0.25, 0.3) is 11.8 Å². The molecule has 1 aromatic carbocycles. The second-order valence-electron chi connectivity index (χ2n) is 9.56. The Kier molecular flexibility index (Phi) is 7.00. The summed E-state index contributed by atoms with van der Waals surface area (Å²) in [4.78, 5) is 35.0. The van der Waals surface area contributed by atoms with Gasteiger partial charge in [-0.3, -0.25) is 14.6 Å². The van der Waals surface area contributed by atoms with E-state index in [1.54, 1.807) is 36.4 Å². The summed E-state index contributed by atoms with van der Waals surface area (Å²) >= 11 is 0. The SMILES string of the molecule is CC#CC(=O)N1CCC[C@]1(C)C#Cc1cnccc1-c1[nH]c2c(c1Nc1cccc(F)c1OC)C(=O)NCC2. The Morgan fingerprint density at radius 3 is 2.95 bits per heavy atom. The van der Waals surface area contributed by atoms with Crippen LogP contribution >= 0.6 is 0 Å². The van der Waals surface area contributed by atoms with Gasteiger partial charge in [0.05, 0.1) is 35.3 Å². The van der Waals surface area contributed by atoms with Crippen LogP contribution in [0, 0.1) is 29.5 Å². The number of anilines is 2. The van der Waals surface area contributed by atoms with Crippen LogP contribution in [0.15, 0.2) is 36.7 Å². The molecule has 1 saturated heterocycles. The van der Waals surface area contributed by atoms with Gasteiger partial charge >= 0.3 is 0 Å². The van der Waals surface area contributed by atoms with Gasteiger partial charge in [-0.15, -0.1) is 0 Å². The number of carbonyl (C=O) groups excluding carboxylic acids is 2. The van der Waals surface area contributed by atoms with Crippen molar-refractivity contribution >= 4 is 23.2 Å². The number of nitrogens with zero attached hydrogens (tertiary/aromatic N) is 2. The number of methoxy groups -OCH3 is 1. The minimum atomic E-state index is -0.668. The number of amides is 2. The van der Waals surface area contributed by atoms with Crippen molar-refractivity contribution in [3.05, 3.63) is 59.3 Å². The van der Waals surface area contributed by atoms with Crippen molar-refractivity contribution < 1.29 is 18.7 Å². The molecular formula is C30H28FN5O3. The highest BCUT2D eigenvalue weighted by Gasteiger charge is 2.38. The smallest absolute Gasteiger partial charge is 0.299 e. The van der Waals surface area contributed by atoms with Crippen molar-refractivity contribution in [2.45, 2.75) is 38.6 Å². The molecule has 0 aliphatic carbocycles. The zero-order valence-corrected chi connectivity index (χ0v) is 22.0. The third-order valence-corrected chi connectivity index (χ3v) is 7.07. The Bertz CT molecular complexity index is 1590. The summed E-state index contributed by atoms with van der Waals surface area (Å²) in [6.45, 7) is 4.68. The van der Waals surface area contributed by atoms with Crippen LogP contribution in [-0.2, 0) is 11.2 Å². The number of aromatic nitrogens is 2. The molecule has 0 bridgehead atoms. The third-order valence-electron chi connectivity index (χ3n) is 7.07. The summed E-state index contributed by atoms with van der Waals surface area (Å²) < 4.78 is 19.8. The lowest BCUT2D eigenvalue weighted by Crippen LogP contribution is -2.43. The van der Waals surface area contributed by atoms with E-state index in [1.165, 1.54) is 13.2 Å². The maximum absolute atomic E-state index is 14.5. The zero-order valence-electron chi connectivity index (χ0n) is 22.0. The van der Waals surface area contributed by atoms with Crippen LogP contribution in [-0.4, -0.2) is 52.4 Å². The highest BCUT2D eigenvalue weighted by molar-refractivity contribution is 6.06. The number of aromatic amines is 1. The number of halogens is 1. The van der Waals surface area contributed by atoms with Gasteiger partial charge in [-0.1, -0.05) is 23.8 Å². The first-order valence-corrected chi connectivity index (χ1v) is 12.7. The van der Waals surface area contributed by atoms with E-state index < -0.39 is 11.4 Å². The van der Waals surface area contributed by atoms with Crippen LogP contribution in [0.3, 0.4) is 0 Å². The van der Waals surface area contributed by atoms with E-state index in [-0.39, 0.29) is 17.6 Å². The lowest BCUT2D eigenvalue weighted by molar-refractivity contribution is -0.127. The van der Waals surface area contributed by atoms with Gasteiger partial charge in [-0.05, 0) is 50.8 Å². The first-order valence-electron chi connectivity index (χ1n) is 12.7. The first-order chi connectivity index (χ1) is 18.9. The van der Waals surface area contributed by atoms with E-state index in [2.05, 4.69) is 44.3 Å². The number of likely N-dealkylation sites (tertiary alicyclic amines) is 1. The van der Waals surface area contributed by atoms with E-state index >= 15 is 0 Å². The van der Waals surface area contributed by atoms with Crippen molar-refractivity contribution in [1.29, 1.82) is 0 Å². The number of H-pyrrole nitrogens is 1. The first kappa shape index (κ1) is 25.9. The van der Waals surface area contributed by atoms with Gasteiger partial charge in [-0.25, -0.2) is 4.39 Å². The molecule has 0 unspecified atom stereocenters. The number of fused-ring (bicyclic) bond motifs is 1. The summed E-state index contributed by atoms with van der Waals surface area (Å²) in [5, 5.41) is 6.13. The molecule has 0 saturated carbocycles. The quantitative estimate of drug-likeness (QED) is 0.447. The molecule has 39 heavy (non-hydrogen) atoms. The molecule has 2 aliphatic heterocycles. The lowest BCUT2D eigenvalue weighted by Gasteiger charge is -2.28. The molecule has 198 valence electrons. The summed E-state index contributed by atoms with van der Waals surface area (Å²) in [6.07, 6.45) is 5.48. The number of ether oxygens (including phenoxy) is 1. The highest BCUT2D eigenvalue weighted by atomic mass is 19.1. The Morgan fingerprint density at radius 1 is 1.31 bits per heavy atom. The molecule has 2 aliphatic rings. The monoisotopic (exact) mass is 525 g/mol. The second kappa shape index (κ2) is 10.5. The number of benzene rings is 1. The number of hydrogen-bond donors (Lipinski definition) is 3. The maximum atomic E-state index is 14.5. The van der Waals surface area contributed by atoms with Crippen molar-refractivity contribution in [3.63, 3.8) is 0 Å². The molecule has 3 N–H and O–H groups in total. The number of rotatable bonds is 4. The zero-order chi connectivity index (χ0) is 27.6. The van der Waals surface area contributed by atoms with Gasteiger partial charge in [0.15, 0.2) is 11.6 Å². The number of para-hydroxylation sites is 1. The molecule has 1 atom stereocenters. The van der Waals surface area contributed by atoms with Crippen molar-refractivity contribution in [2.24, 2.45) is 0 Å². The van der Waals surface area contributed by atoms with Crippen LogP contribution < -0.4 is 15.4 Å². The summed E-state index contributed by atoms with van der Waals surface area (Å²) in [7, 11) is 1.39. The molecule has 2 amide bonds. The van der Waals surface area contributed by atoms with Gasteiger partial charge < -0.3 is 25.3 Å². The maximum Gasteiger partial charge on any atom is 0.299 e. The van der Waals surface area contributed by atoms with E-state index in [0.717, 1.165) is 18.5 Å². The number of pyridine rings is 1. The summed E-state index contributed by atoms with van der Waals surface area (Å²) in [5.41, 5.74) is 3.37. The van der Waals surface area contributed by atoms with Gasteiger partial charge in [0.2, 0.25) is 0 Å². The molecule has 8 nitrogen and oxygen atoms in total. The Balaban J connectivity index is 1.62. The number of carbonyl (C=O) groups is 2. The van der Waals surface area contributed by atoms with Gasteiger partial charge in [0.1, 0.15) is 5.54 Å². The normalized spacial score (nSPS) is 17.7. The fourth-order valence-corrected chi connectivity index (χ4v) is 5.16. The third kappa shape index (κ3) is 4.80. The Labute approximate surface area is 226 Å². The predicted octanol–water partition coefficient (Wildman–Crippen LogP) is 4.01. The summed E-state index contributed by atoms with van der Waals surface area (Å²) in [6, 6.07) is 6.38. The molecule has 2 aromatic heterocycles. The minimum Gasteiger partial charge on any atom is -0.492 e. The topological polar surface area (TPSA) is 99.3 Å². The summed E-state index contributed by atoms with van der Waals surface area (Å²) in [5.74, 6) is 10.9. The molecule has 3 aromatic rings. The Morgan fingerprint density at radius 2 is 2.15 bits per heavy atom. The van der Waals surface area contributed by atoms with E-state index in [0.29, 0.717) is 53.3 Å². The number of nitrogens with one attached hydrogen (secondary N) is 3. The predicted molar refractivity (Wildman–Crippen MR) is 146 cm³/mol. The minimum absolute atomic E-state index is 0.0402. The van der Waals surface area contributed by atoms with Gasteiger partial charge in [0, 0.05) is 43.2 Å². The van der Waals surface area contributed by atoms with Crippen molar-refractivity contribution in [2.75, 3.05) is 25.5 Å². The van der Waals surface area contributed by atoms with Crippen LogP contribution in [0.4, 0.5) is 15.8 Å². The van der Waals surface area contributed by atoms with E-state index in [9.17, 15) is 14.0 Å². The van der Waals surface area contributed by atoms with E-state index in [4.69, 9.17) is 4.74 Å². The largest absolute Gasteiger partial charge is 0.492 e. The standard InChI is InChI=1S/C30H28FN5O3/c1-4-7-24(37)36-17-6-13-30(36,2)14-10-19-18-32-15-11-20(19)26-27(25-22(34-26)12-16-33-29(25)38)35-23-9-5-8-21(31)28(23)39-3/h5,8-9,11,15,18,34-35H,6,12-13,16-17H2,1-3H3,(H,33,38)/t30-/m1/s1. The van der Waals surface area contributed by atoms with Crippen molar-refractivity contribution in [3.8, 4) is 40.7 Å². The molecule has 5 rings (SSSR count).